The predicted molar refractivity (Wildman–Crippen MR) is 76.7 cm³/mol. The Bertz CT molecular complexity index is 572. The van der Waals surface area contributed by atoms with E-state index in [0.717, 1.165) is 17.7 Å². The van der Waals surface area contributed by atoms with Crippen LogP contribution in [-0.4, -0.2) is 11.5 Å². The first-order valence-corrected chi connectivity index (χ1v) is 6.64. The van der Waals surface area contributed by atoms with E-state index in [1.54, 1.807) is 18.3 Å². The monoisotopic (exact) mass is 278 g/mol. The summed E-state index contributed by atoms with van der Waals surface area (Å²) < 4.78 is 13.7. The van der Waals surface area contributed by atoms with Crippen LogP contribution in [0.25, 0.3) is 11.1 Å². The molecule has 0 fully saturated rings. The fraction of sp³-hybridized carbons (Fsp3) is 0.267. The number of halogens is 2. The van der Waals surface area contributed by atoms with Crippen LogP contribution >= 0.6 is 11.6 Å². The van der Waals surface area contributed by atoms with Crippen LogP contribution in [0.4, 0.5) is 4.39 Å². The van der Waals surface area contributed by atoms with E-state index >= 15 is 0 Å². The molecule has 4 heteroatoms. The Labute approximate surface area is 117 Å². The predicted octanol–water partition coefficient (Wildman–Crippen LogP) is 4.21. The lowest BCUT2D eigenvalue weighted by molar-refractivity contribution is 0.598. The lowest BCUT2D eigenvalue weighted by atomic mass is 10.0. The Morgan fingerprint density at radius 1 is 1.37 bits per heavy atom. The molecule has 1 aromatic carbocycles. The number of pyridine rings is 1. The molecule has 0 spiro atoms. The van der Waals surface area contributed by atoms with Gasteiger partial charge in [-0.1, -0.05) is 30.7 Å². The smallest absolute Gasteiger partial charge is 0.149 e. The molecule has 0 saturated heterocycles. The summed E-state index contributed by atoms with van der Waals surface area (Å²) in [5.74, 6) is -0.342. The van der Waals surface area contributed by atoms with E-state index in [9.17, 15) is 4.39 Å². The molecule has 0 saturated carbocycles. The Balaban J connectivity index is 2.37. The number of aromatic nitrogens is 1. The number of benzene rings is 1. The van der Waals surface area contributed by atoms with E-state index < -0.39 is 0 Å². The van der Waals surface area contributed by atoms with Crippen molar-refractivity contribution >= 4 is 11.6 Å². The normalized spacial score (nSPS) is 12.4. The molecule has 100 valence electrons. The average molecular weight is 279 g/mol. The summed E-state index contributed by atoms with van der Waals surface area (Å²) in [6, 6.07) is 7.43. The minimum absolute atomic E-state index is 0.175. The van der Waals surface area contributed by atoms with Crippen LogP contribution in [0.1, 0.15) is 25.5 Å². The van der Waals surface area contributed by atoms with Crippen molar-refractivity contribution < 1.29 is 4.39 Å². The summed E-state index contributed by atoms with van der Waals surface area (Å²) in [4.78, 5) is 3.74. The molecule has 2 nitrogen and oxygen atoms in total. The second kappa shape index (κ2) is 6.13. The van der Waals surface area contributed by atoms with Gasteiger partial charge in [-0.3, -0.25) is 4.98 Å². The third-order valence-electron chi connectivity index (χ3n) is 3.06. The van der Waals surface area contributed by atoms with Crippen LogP contribution in [0.15, 0.2) is 36.7 Å². The lowest BCUT2D eigenvalue weighted by Gasteiger charge is -2.15. The number of nitrogens with zero attached hydrogens (tertiary/aromatic N) is 1. The fourth-order valence-corrected chi connectivity index (χ4v) is 2.42. The number of nitrogens with one attached hydrogen (secondary N) is 1. The molecule has 0 aliphatic heterocycles. The maximum Gasteiger partial charge on any atom is 0.149 e. The van der Waals surface area contributed by atoms with Crippen LogP contribution in [0.3, 0.4) is 0 Å². The largest absolute Gasteiger partial charge is 0.310 e. The van der Waals surface area contributed by atoms with Crippen LogP contribution < -0.4 is 5.32 Å². The van der Waals surface area contributed by atoms with Crippen molar-refractivity contribution in [3.8, 4) is 11.1 Å². The molecule has 19 heavy (non-hydrogen) atoms. The quantitative estimate of drug-likeness (QED) is 0.906. The molecule has 1 atom stereocenters. The van der Waals surface area contributed by atoms with E-state index in [2.05, 4.69) is 17.2 Å². The van der Waals surface area contributed by atoms with Crippen molar-refractivity contribution in [1.29, 1.82) is 0 Å². The van der Waals surface area contributed by atoms with Gasteiger partial charge in [-0.15, -0.1) is 0 Å². The molecule has 0 bridgehead atoms. The molecule has 1 N–H and O–H groups in total. The van der Waals surface area contributed by atoms with Crippen molar-refractivity contribution in [3.05, 3.63) is 53.1 Å². The van der Waals surface area contributed by atoms with E-state index in [-0.39, 0.29) is 11.9 Å². The molecule has 1 unspecified atom stereocenters. The Kier molecular flexibility index (Phi) is 4.51. The van der Waals surface area contributed by atoms with E-state index in [1.807, 2.05) is 19.1 Å². The molecule has 0 aliphatic rings. The van der Waals surface area contributed by atoms with Crippen LogP contribution in [-0.2, 0) is 0 Å². The highest BCUT2D eigenvalue weighted by atomic mass is 35.5. The second-order valence-corrected chi connectivity index (χ2v) is 4.78. The number of hydrogen-bond acceptors (Lipinski definition) is 2. The van der Waals surface area contributed by atoms with E-state index in [0.29, 0.717) is 10.6 Å². The maximum atomic E-state index is 13.7. The zero-order valence-electron chi connectivity index (χ0n) is 11.0. The van der Waals surface area contributed by atoms with Crippen LogP contribution in [0, 0.1) is 5.82 Å². The first-order valence-electron chi connectivity index (χ1n) is 6.26. The maximum absolute atomic E-state index is 13.7. The molecule has 1 heterocycles. The minimum atomic E-state index is -0.342. The van der Waals surface area contributed by atoms with Crippen molar-refractivity contribution in [3.63, 3.8) is 0 Å². The van der Waals surface area contributed by atoms with Gasteiger partial charge in [0.2, 0.25) is 0 Å². The topological polar surface area (TPSA) is 24.9 Å². The lowest BCUT2D eigenvalue weighted by Crippen LogP contribution is -2.17. The third-order valence-corrected chi connectivity index (χ3v) is 3.39. The van der Waals surface area contributed by atoms with Crippen molar-refractivity contribution in [1.82, 2.24) is 10.3 Å². The first kappa shape index (κ1) is 14.0. The Hall–Kier alpha value is -1.45. The van der Waals surface area contributed by atoms with Gasteiger partial charge in [0.05, 0.1) is 6.20 Å². The molecule has 0 radical (unpaired) electrons. The fourth-order valence-electron chi connectivity index (χ4n) is 2.07. The van der Waals surface area contributed by atoms with Crippen molar-refractivity contribution in [2.24, 2.45) is 0 Å². The van der Waals surface area contributed by atoms with Gasteiger partial charge in [0, 0.05) is 22.8 Å². The summed E-state index contributed by atoms with van der Waals surface area (Å²) in [6.07, 6.45) is 2.78. The van der Waals surface area contributed by atoms with Gasteiger partial charge >= 0.3 is 0 Å². The highest BCUT2D eigenvalue weighted by Crippen LogP contribution is 2.29. The molecule has 2 rings (SSSR count). The van der Waals surface area contributed by atoms with Crippen LogP contribution in [0.5, 0.6) is 0 Å². The zero-order chi connectivity index (χ0) is 13.8. The summed E-state index contributed by atoms with van der Waals surface area (Å²) >= 11 is 6.28. The minimum Gasteiger partial charge on any atom is -0.310 e. The summed E-state index contributed by atoms with van der Waals surface area (Å²) in [6.45, 7) is 4.97. The molecule has 2 aromatic rings. The molecular formula is C15H16ClFN2. The van der Waals surface area contributed by atoms with Gasteiger partial charge in [0.1, 0.15) is 5.82 Å². The van der Waals surface area contributed by atoms with E-state index in [1.165, 1.54) is 6.20 Å². The number of rotatable bonds is 4. The third kappa shape index (κ3) is 3.11. The van der Waals surface area contributed by atoms with Gasteiger partial charge in [0.25, 0.3) is 0 Å². The molecule has 0 aliphatic carbocycles. The first-order chi connectivity index (χ1) is 9.13. The number of hydrogen-bond donors (Lipinski definition) is 1. The summed E-state index contributed by atoms with van der Waals surface area (Å²) in [5.41, 5.74) is 2.29. The Morgan fingerprint density at radius 2 is 2.16 bits per heavy atom. The van der Waals surface area contributed by atoms with Gasteiger partial charge in [0.15, 0.2) is 0 Å². The van der Waals surface area contributed by atoms with Gasteiger partial charge in [-0.25, -0.2) is 4.39 Å². The summed E-state index contributed by atoms with van der Waals surface area (Å²) in [7, 11) is 0. The SMILES string of the molecule is CCNC(C)c1ccc(-c2ccncc2F)cc1Cl. The van der Waals surface area contributed by atoms with Gasteiger partial charge in [-0.05, 0) is 36.7 Å². The van der Waals surface area contributed by atoms with Crippen LogP contribution in [0.2, 0.25) is 5.02 Å². The molecule has 1 aromatic heterocycles. The van der Waals surface area contributed by atoms with Crippen molar-refractivity contribution in [2.75, 3.05) is 6.54 Å². The second-order valence-electron chi connectivity index (χ2n) is 4.37. The van der Waals surface area contributed by atoms with E-state index in [4.69, 9.17) is 11.6 Å². The molecular weight excluding hydrogens is 263 g/mol. The zero-order valence-corrected chi connectivity index (χ0v) is 11.7. The van der Waals surface area contributed by atoms with Gasteiger partial charge in [-0.2, -0.15) is 0 Å². The standard InChI is InChI=1S/C15H16ClFN2/c1-3-19-10(2)12-5-4-11(8-14(12)16)13-6-7-18-9-15(13)17/h4-10,19H,3H2,1-2H3. The highest BCUT2D eigenvalue weighted by molar-refractivity contribution is 6.31. The van der Waals surface area contributed by atoms with Crippen molar-refractivity contribution in [2.45, 2.75) is 19.9 Å². The molecule has 0 amide bonds. The Morgan fingerprint density at radius 3 is 2.79 bits per heavy atom. The average Bonchev–Trinajstić information content (AvgIpc) is 2.39. The highest BCUT2D eigenvalue weighted by Gasteiger charge is 2.11. The summed E-state index contributed by atoms with van der Waals surface area (Å²) in [5, 5.41) is 3.95. The van der Waals surface area contributed by atoms with Gasteiger partial charge < -0.3 is 5.32 Å².